The molecule has 50 heavy (non-hydrogen) atoms. The predicted molar refractivity (Wildman–Crippen MR) is 178 cm³/mol. The van der Waals surface area contributed by atoms with Gasteiger partial charge in [0.15, 0.2) is 0 Å². The Hall–Kier alpha value is -2.65. The van der Waals surface area contributed by atoms with E-state index in [9.17, 15) is 29.7 Å². The molecule has 1 aromatic carbocycles. The molecule has 13 nitrogen and oxygen atoms in total. The number of aliphatic hydroxyl groups is 2. The number of aliphatic carboxylic acids is 1. The molecule has 7 bridgehead atoms. The standard InChI is InChI=1S/C37H52N2O11/c1-7-39-17-34(18-50-32(43)20-10-8-9-11-23(20)38-26(40)14-19(2)31(41)42)13-12-25(47-4)36-22-15-21-24(46-3)16-35(44,27(22)28(21)48-5)37(45,33(36)39)30(49-6)29(34)36/h8-11,19,21-22,24-25,27-30,33,44-45H,7,12-18H2,1-6H3,(H,38,40)(H,41,42)/t19-,21+,22?,24-,25-,27?,28-,29+,30-,33?,34-,35+,36-,37-/m0/s1. The lowest BCUT2D eigenvalue weighted by Gasteiger charge is -2.70. The van der Waals surface area contributed by atoms with Gasteiger partial charge < -0.3 is 44.3 Å². The van der Waals surface area contributed by atoms with Gasteiger partial charge in [0.25, 0.3) is 0 Å². The van der Waals surface area contributed by atoms with Crippen molar-refractivity contribution in [2.75, 3.05) is 53.5 Å². The Balaban J connectivity index is 1.28. The highest BCUT2D eigenvalue weighted by Crippen LogP contribution is 2.80. The maximum atomic E-state index is 13.9. The summed E-state index contributed by atoms with van der Waals surface area (Å²) in [6.07, 6.45) is 0.397. The van der Waals surface area contributed by atoms with Gasteiger partial charge in [-0.05, 0) is 43.9 Å². The Morgan fingerprint density at radius 2 is 1.80 bits per heavy atom. The van der Waals surface area contributed by atoms with E-state index in [0.29, 0.717) is 25.9 Å². The van der Waals surface area contributed by atoms with Crippen LogP contribution in [0.5, 0.6) is 0 Å². The molecule has 6 aliphatic rings. The summed E-state index contributed by atoms with van der Waals surface area (Å²) in [7, 11) is 6.66. The van der Waals surface area contributed by atoms with Crippen LogP contribution in [0.25, 0.3) is 0 Å². The molecule has 1 saturated heterocycles. The second kappa shape index (κ2) is 12.5. The minimum absolute atomic E-state index is 0.0276. The Kier molecular flexibility index (Phi) is 8.93. The van der Waals surface area contributed by atoms with Crippen LogP contribution >= 0.6 is 0 Å². The third-order valence-corrected chi connectivity index (χ3v) is 14.1. The number of piperidine rings is 1. The Morgan fingerprint density at radius 3 is 2.44 bits per heavy atom. The molecule has 7 rings (SSSR count). The zero-order valence-electron chi connectivity index (χ0n) is 29.8. The number of carbonyl (C=O) groups is 3. The molecule has 6 fully saturated rings. The first-order valence-electron chi connectivity index (χ1n) is 17.9. The van der Waals surface area contributed by atoms with E-state index in [1.807, 2.05) is 0 Å². The van der Waals surface area contributed by atoms with Crippen LogP contribution in [0.2, 0.25) is 0 Å². The van der Waals surface area contributed by atoms with Crippen molar-refractivity contribution in [1.29, 1.82) is 0 Å². The van der Waals surface area contributed by atoms with Crippen LogP contribution in [0.3, 0.4) is 0 Å². The number of nitrogens with one attached hydrogen (secondary N) is 1. The summed E-state index contributed by atoms with van der Waals surface area (Å²) in [4.78, 5) is 40.2. The second-order valence-corrected chi connectivity index (χ2v) is 15.8. The summed E-state index contributed by atoms with van der Waals surface area (Å²) in [5, 5.41) is 38.5. The fourth-order valence-corrected chi connectivity index (χ4v) is 12.6. The number of carbonyl (C=O) groups excluding carboxylic acids is 2. The summed E-state index contributed by atoms with van der Waals surface area (Å²) in [6.45, 7) is 4.65. The number of amides is 1. The topological polar surface area (TPSA) is 173 Å². The molecule has 1 aromatic rings. The van der Waals surface area contributed by atoms with E-state index in [-0.39, 0.29) is 72.7 Å². The zero-order chi connectivity index (χ0) is 36.0. The third-order valence-electron chi connectivity index (χ3n) is 14.1. The summed E-state index contributed by atoms with van der Waals surface area (Å²) in [5.41, 5.74) is -4.20. The van der Waals surface area contributed by atoms with Gasteiger partial charge in [-0.15, -0.1) is 0 Å². The van der Waals surface area contributed by atoms with Crippen LogP contribution in [-0.2, 0) is 33.3 Å². The van der Waals surface area contributed by atoms with Gasteiger partial charge in [-0.1, -0.05) is 26.0 Å². The number of benzene rings is 1. The summed E-state index contributed by atoms with van der Waals surface area (Å²) in [6, 6.07) is 6.05. The zero-order valence-corrected chi connectivity index (χ0v) is 29.8. The number of ether oxygens (including phenoxy) is 5. The number of hydrogen-bond acceptors (Lipinski definition) is 11. The number of methoxy groups -OCH3 is 4. The van der Waals surface area contributed by atoms with Gasteiger partial charge >= 0.3 is 11.9 Å². The number of anilines is 1. The molecule has 1 amide bonds. The molecule has 14 atom stereocenters. The molecule has 5 aliphatic carbocycles. The fourth-order valence-electron chi connectivity index (χ4n) is 12.6. The number of nitrogens with zero attached hydrogens (tertiary/aromatic N) is 1. The van der Waals surface area contributed by atoms with Crippen LogP contribution in [-0.4, -0.2) is 128 Å². The van der Waals surface area contributed by atoms with E-state index in [0.717, 1.165) is 6.42 Å². The molecule has 1 aliphatic heterocycles. The summed E-state index contributed by atoms with van der Waals surface area (Å²) in [5.74, 6) is -3.87. The van der Waals surface area contributed by atoms with Crippen LogP contribution < -0.4 is 5.32 Å². The highest BCUT2D eigenvalue weighted by Gasteiger charge is 2.91. The Labute approximate surface area is 292 Å². The number of para-hydroxylation sites is 1. The minimum atomic E-state index is -1.71. The number of esters is 1. The Morgan fingerprint density at radius 1 is 1.06 bits per heavy atom. The monoisotopic (exact) mass is 700 g/mol. The summed E-state index contributed by atoms with van der Waals surface area (Å²) >= 11 is 0. The van der Waals surface area contributed by atoms with Crippen molar-refractivity contribution < 1.29 is 53.4 Å². The number of hydrogen-bond donors (Lipinski definition) is 4. The van der Waals surface area contributed by atoms with Gasteiger partial charge in [0.05, 0.1) is 54.2 Å². The van der Waals surface area contributed by atoms with Gasteiger partial charge in [-0.3, -0.25) is 14.5 Å². The quantitative estimate of drug-likeness (QED) is 0.235. The first-order chi connectivity index (χ1) is 23.8. The van der Waals surface area contributed by atoms with Crippen molar-refractivity contribution in [2.45, 2.75) is 87.6 Å². The lowest BCUT2D eigenvalue weighted by Crippen LogP contribution is -2.82. The van der Waals surface area contributed by atoms with E-state index in [1.165, 1.54) is 6.92 Å². The first-order valence-corrected chi connectivity index (χ1v) is 17.9. The molecule has 1 heterocycles. The maximum Gasteiger partial charge on any atom is 0.340 e. The maximum absolute atomic E-state index is 13.9. The van der Waals surface area contributed by atoms with Crippen molar-refractivity contribution in [3.8, 4) is 0 Å². The highest BCUT2D eigenvalue weighted by atomic mass is 16.5. The number of rotatable bonds is 12. The lowest BCUT2D eigenvalue weighted by atomic mass is 9.42. The number of likely N-dealkylation sites (tertiary alicyclic amines) is 1. The molecular formula is C37H52N2O11. The number of carboxylic acid groups (broad SMARTS) is 1. The van der Waals surface area contributed by atoms with E-state index >= 15 is 0 Å². The van der Waals surface area contributed by atoms with E-state index in [2.05, 4.69) is 17.1 Å². The molecule has 0 aromatic heterocycles. The smallest absolute Gasteiger partial charge is 0.340 e. The number of fused-ring (bicyclic) bond motifs is 2. The van der Waals surface area contributed by atoms with Crippen molar-refractivity contribution in [3.05, 3.63) is 29.8 Å². The predicted octanol–water partition coefficient (Wildman–Crippen LogP) is 2.19. The van der Waals surface area contributed by atoms with E-state index in [1.54, 1.807) is 52.7 Å². The SMILES string of the molecule is CCN1C[C@]2(COC(=O)c3ccccc3NC(=O)C[C@H](C)C(=O)O)CC[C@H](OC)[C@]34C5C[C@@H]6[C@@H](OC)C[C@@](O)(C5[C@H]6OC)[C@@](O)(C13)[C@@H](OC)[C@H]24. The molecule has 1 spiro atoms. The minimum Gasteiger partial charge on any atom is -0.481 e. The average molecular weight is 701 g/mol. The Bertz CT molecular complexity index is 1530. The van der Waals surface area contributed by atoms with Gasteiger partial charge in [-0.2, -0.15) is 0 Å². The van der Waals surface area contributed by atoms with Gasteiger partial charge in [0.1, 0.15) is 11.2 Å². The van der Waals surface area contributed by atoms with Gasteiger partial charge in [-0.25, -0.2) is 4.79 Å². The van der Waals surface area contributed by atoms with Gasteiger partial charge in [0.2, 0.25) is 5.91 Å². The molecular weight excluding hydrogens is 648 g/mol. The first kappa shape index (κ1) is 35.7. The van der Waals surface area contributed by atoms with Crippen molar-refractivity contribution in [1.82, 2.24) is 4.90 Å². The van der Waals surface area contributed by atoms with Crippen molar-refractivity contribution in [2.24, 2.45) is 40.4 Å². The van der Waals surface area contributed by atoms with Crippen LogP contribution in [0, 0.1) is 40.4 Å². The summed E-state index contributed by atoms with van der Waals surface area (Å²) < 4.78 is 31.3. The molecule has 0 radical (unpaired) electrons. The molecule has 13 heteroatoms. The van der Waals surface area contributed by atoms with Crippen LogP contribution in [0.4, 0.5) is 5.69 Å². The number of carboxylic acids is 1. The average Bonchev–Trinajstić information content (AvgIpc) is 3.52. The molecule has 5 saturated carbocycles. The molecule has 4 N–H and O–H groups in total. The van der Waals surface area contributed by atoms with Crippen molar-refractivity contribution >= 4 is 23.5 Å². The highest BCUT2D eigenvalue weighted by molar-refractivity contribution is 6.01. The second-order valence-electron chi connectivity index (χ2n) is 15.8. The van der Waals surface area contributed by atoms with Crippen molar-refractivity contribution in [3.63, 3.8) is 0 Å². The molecule has 3 unspecified atom stereocenters. The lowest BCUT2D eigenvalue weighted by molar-refractivity contribution is -0.320. The van der Waals surface area contributed by atoms with Crippen LogP contribution in [0.1, 0.15) is 56.3 Å². The van der Waals surface area contributed by atoms with Crippen LogP contribution in [0.15, 0.2) is 24.3 Å². The fraction of sp³-hybridized carbons (Fsp3) is 0.757. The molecule has 276 valence electrons. The van der Waals surface area contributed by atoms with Gasteiger partial charge in [0, 0.05) is 76.4 Å². The third kappa shape index (κ3) is 4.46. The normalized spacial score (nSPS) is 44.4. The number of likely N-dealkylation sites (N-methyl/N-ethyl adjacent to an activating group) is 1. The van der Waals surface area contributed by atoms with E-state index in [4.69, 9.17) is 23.7 Å². The largest absolute Gasteiger partial charge is 0.481 e. The van der Waals surface area contributed by atoms with E-state index < -0.39 is 57.9 Å².